The molecule has 0 saturated carbocycles. The third kappa shape index (κ3) is 3.19. The van der Waals surface area contributed by atoms with Crippen molar-refractivity contribution in [2.75, 3.05) is 6.61 Å². The maximum Gasteiger partial charge on any atom is 0.383 e. The summed E-state index contributed by atoms with van der Waals surface area (Å²) in [6.07, 6.45) is -4.09. The molecule has 1 amide bonds. The number of carbonyl (C=O) groups excluding carboxylic acids is 1. The van der Waals surface area contributed by atoms with Crippen molar-refractivity contribution in [1.29, 1.82) is 0 Å². The maximum atomic E-state index is 12.7. The first-order valence-electron chi connectivity index (χ1n) is 5.02. The molecule has 0 aromatic heterocycles. The van der Waals surface area contributed by atoms with Crippen LogP contribution in [0.5, 0.6) is 0 Å². The summed E-state index contributed by atoms with van der Waals surface area (Å²) in [5, 5.41) is 10.7. The summed E-state index contributed by atoms with van der Waals surface area (Å²) in [6, 6.07) is 6.57. The standard InChI is InChI=1S/C11H11F4NO2/c12-9(13)11(14,15)10(18)16-8(6-17)7-4-2-1-3-5-7/h1-5,8-9,17H,6H2,(H,16,18)/t8-/m1/s1. The smallest absolute Gasteiger partial charge is 0.383 e. The van der Waals surface area contributed by atoms with Gasteiger partial charge in [0.2, 0.25) is 0 Å². The molecule has 0 fully saturated rings. The number of aliphatic hydroxyl groups is 1. The van der Waals surface area contributed by atoms with E-state index < -0.39 is 30.9 Å². The summed E-state index contributed by atoms with van der Waals surface area (Å²) in [6.45, 7) is -0.672. The van der Waals surface area contributed by atoms with Gasteiger partial charge in [0, 0.05) is 0 Å². The predicted octanol–water partition coefficient (Wildman–Crippen LogP) is 1.74. The lowest BCUT2D eigenvalue weighted by atomic mass is 10.1. The van der Waals surface area contributed by atoms with E-state index in [1.165, 1.54) is 12.1 Å². The van der Waals surface area contributed by atoms with E-state index in [-0.39, 0.29) is 0 Å². The minimum Gasteiger partial charge on any atom is -0.394 e. The Labute approximate surface area is 100 Å². The van der Waals surface area contributed by atoms with Gasteiger partial charge in [-0.3, -0.25) is 4.79 Å². The fourth-order valence-corrected chi connectivity index (χ4v) is 1.27. The second-order valence-corrected chi connectivity index (χ2v) is 3.54. The van der Waals surface area contributed by atoms with E-state index in [0.29, 0.717) is 5.56 Å². The molecule has 0 unspecified atom stereocenters. The van der Waals surface area contributed by atoms with Crippen LogP contribution in [0.2, 0.25) is 0 Å². The first-order valence-corrected chi connectivity index (χ1v) is 5.02. The summed E-state index contributed by atoms with van der Waals surface area (Å²) < 4.78 is 49.3. The molecule has 1 aromatic carbocycles. The molecule has 18 heavy (non-hydrogen) atoms. The number of aliphatic hydroxyl groups excluding tert-OH is 1. The first-order chi connectivity index (χ1) is 8.39. The van der Waals surface area contributed by atoms with Gasteiger partial charge in [-0.05, 0) is 5.56 Å². The molecule has 0 aliphatic rings. The Morgan fingerprint density at radius 2 is 1.83 bits per heavy atom. The van der Waals surface area contributed by atoms with Crippen LogP contribution in [0, 0.1) is 0 Å². The molecule has 100 valence electrons. The average Bonchev–Trinajstić information content (AvgIpc) is 2.36. The van der Waals surface area contributed by atoms with E-state index in [1.807, 2.05) is 0 Å². The van der Waals surface area contributed by atoms with Gasteiger partial charge in [-0.25, -0.2) is 8.78 Å². The molecule has 0 bridgehead atoms. The first kappa shape index (κ1) is 14.4. The Kier molecular flexibility index (Phi) is 4.66. The van der Waals surface area contributed by atoms with E-state index >= 15 is 0 Å². The third-order valence-electron chi connectivity index (χ3n) is 2.27. The van der Waals surface area contributed by atoms with Gasteiger partial charge in [-0.2, -0.15) is 8.78 Å². The number of alkyl halides is 4. The highest BCUT2D eigenvalue weighted by Gasteiger charge is 2.49. The molecular formula is C11H11F4NO2. The van der Waals surface area contributed by atoms with Crippen LogP contribution >= 0.6 is 0 Å². The Morgan fingerprint density at radius 3 is 2.28 bits per heavy atom. The quantitative estimate of drug-likeness (QED) is 0.797. The van der Waals surface area contributed by atoms with Crippen LogP contribution in [0.3, 0.4) is 0 Å². The molecule has 2 N–H and O–H groups in total. The van der Waals surface area contributed by atoms with Crippen molar-refractivity contribution in [2.45, 2.75) is 18.4 Å². The maximum absolute atomic E-state index is 12.7. The number of benzene rings is 1. The normalized spacial score (nSPS) is 13.4. The van der Waals surface area contributed by atoms with E-state index in [0.717, 1.165) is 0 Å². The summed E-state index contributed by atoms with van der Waals surface area (Å²) >= 11 is 0. The van der Waals surface area contributed by atoms with Gasteiger partial charge in [0.1, 0.15) is 0 Å². The molecule has 7 heteroatoms. The van der Waals surface area contributed by atoms with Crippen molar-refractivity contribution in [3.63, 3.8) is 0 Å². The van der Waals surface area contributed by atoms with Crippen LogP contribution in [-0.2, 0) is 4.79 Å². The highest BCUT2D eigenvalue weighted by Crippen LogP contribution is 2.24. The Bertz CT molecular complexity index is 397. The van der Waals surface area contributed by atoms with Crippen LogP contribution in [0.15, 0.2) is 30.3 Å². The molecule has 0 spiro atoms. The van der Waals surface area contributed by atoms with Crippen LogP contribution in [-0.4, -0.2) is 30.0 Å². The van der Waals surface area contributed by atoms with E-state index in [9.17, 15) is 22.4 Å². The summed E-state index contributed by atoms with van der Waals surface area (Å²) in [5.74, 6) is -6.89. The van der Waals surface area contributed by atoms with Gasteiger partial charge in [-0.15, -0.1) is 0 Å². The number of halogens is 4. The third-order valence-corrected chi connectivity index (χ3v) is 2.27. The van der Waals surface area contributed by atoms with Crippen molar-refractivity contribution in [3.8, 4) is 0 Å². The van der Waals surface area contributed by atoms with Crippen molar-refractivity contribution < 1.29 is 27.5 Å². The van der Waals surface area contributed by atoms with Gasteiger partial charge >= 0.3 is 12.3 Å². The van der Waals surface area contributed by atoms with E-state index in [1.54, 1.807) is 23.5 Å². The average molecular weight is 265 g/mol. The van der Waals surface area contributed by atoms with Crippen LogP contribution in [0.1, 0.15) is 11.6 Å². The Morgan fingerprint density at radius 1 is 1.28 bits per heavy atom. The van der Waals surface area contributed by atoms with Gasteiger partial charge in [-0.1, -0.05) is 30.3 Å². The minimum absolute atomic E-state index is 0.346. The van der Waals surface area contributed by atoms with Crippen LogP contribution in [0.25, 0.3) is 0 Å². The number of hydrogen-bond donors (Lipinski definition) is 2. The number of amides is 1. The number of rotatable bonds is 5. The van der Waals surface area contributed by atoms with Crippen LogP contribution in [0.4, 0.5) is 17.6 Å². The number of hydrogen-bond acceptors (Lipinski definition) is 2. The second-order valence-electron chi connectivity index (χ2n) is 3.54. The van der Waals surface area contributed by atoms with E-state index in [2.05, 4.69) is 0 Å². The van der Waals surface area contributed by atoms with Gasteiger partial charge < -0.3 is 10.4 Å². The molecular weight excluding hydrogens is 254 g/mol. The molecule has 1 rings (SSSR count). The molecule has 0 aliphatic carbocycles. The Hall–Kier alpha value is -1.63. The SMILES string of the molecule is O=C(N[C@H](CO)c1ccccc1)C(F)(F)C(F)F. The summed E-state index contributed by atoms with van der Waals surface area (Å²) in [7, 11) is 0. The molecule has 0 saturated heterocycles. The lowest BCUT2D eigenvalue weighted by Gasteiger charge is -2.20. The molecule has 0 aliphatic heterocycles. The zero-order valence-corrected chi connectivity index (χ0v) is 9.12. The fourth-order valence-electron chi connectivity index (χ4n) is 1.27. The number of nitrogens with one attached hydrogen (secondary N) is 1. The lowest BCUT2D eigenvalue weighted by molar-refractivity contribution is -0.170. The van der Waals surface area contributed by atoms with Gasteiger partial charge in [0.05, 0.1) is 12.6 Å². The van der Waals surface area contributed by atoms with Crippen molar-refractivity contribution in [1.82, 2.24) is 5.32 Å². The molecule has 1 atom stereocenters. The van der Waals surface area contributed by atoms with Gasteiger partial charge in [0.25, 0.3) is 5.91 Å². The molecule has 1 aromatic rings. The van der Waals surface area contributed by atoms with Crippen molar-refractivity contribution >= 4 is 5.91 Å². The predicted molar refractivity (Wildman–Crippen MR) is 55.4 cm³/mol. The monoisotopic (exact) mass is 265 g/mol. The molecule has 3 nitrogen and oxygen atoms in total. The topological polar surface area (TPSA) is 49.3 Å². The van der Waals surface area contributed by atoms with Gasteiger partial charge in [0.15, 0.2) is 0 Å². The highest BCUT2D eigenvalue weighted by molar-refractivity contribution is 5.84. The zero-order valence-electron chi connectivity index (χ0n) is 9.12. The largest absolute Gasteiger partial charge is 0.394 e. The molecule has 0 radical (unpaired) electrons. The van der Waals surface area contributed by atoms with Crippen molar-refractivity contribution in [2.24, 2.45) is 0 Å². The van der Waals surface area contributed by atoms with Crippen molar-refractivity contribution in [3.05, 3.63) is 35.9 Å². The zero-order chi connectivity index (χ0) is 13.8. The van der Waals surface area contributed by atoms with E-state index in [4.69, 9.17) is 5.11 Å². The summed E-state index contributed by atoms with van der Waals surface area (Å²) in [5.41, 5.74) is 0.346. The number of carbonyl (C=O) groups is 1. The highest BCUT2D eigenvalue weighted by atomic mass is 19.3. The van der Waals surface area contributed by atoms with Crippen LogP contribution < -0.4 is 5.32 Å². The lowest BCUT2D eigenvalue weighted by Crippen LogP contribution is -2.47. The summed E-state index contributed by atoms with van der Waals surface area (Å²) in [4.78, 5) is 11.0. The molecule has 0 heterocycles. The minimum atomic E-state index is -4.78. The fraction of sp³-hybridized carbons (Fsp3) is 0.364. The second kappa shape index (κ2) is 5.81. The Balaban J connectivity index is 2.79.